The van der Waals surface area contributed by atoms with Crippen molar-refractivity contribution in [3.05, 3.63) is 69.6 Å². The van der Waals surface area contributed by atoms with Gasteiger partial charge in [-0.25, -0.2) is 0 Å². The molecule has 202 valence electrons. The second-order valence-electron chi connectivity index (χ2n) is 10.1. The summed E-state index contributed by atoms with van der Waals surface area (Å²) < 4.78 is 38.6. The van der Waals surface area contributed by atoms with Gasteiger partial charge in [0.15, 0.2) is 0 Å². The molecular weight excluding hydrogens is 535 g/mol. The van der Waals surface area contributed by atoms with Gasteiger partial charge in [-0.1, -0.05) is 29.8 Å². The number of benzene rings is 2. The summed E-state index contributed by atoms with van der Waals surface area (Å²) in [4.78, 5) is 33.0. The van der Waals surface area contributed by atoms with E-state index in [1.807, 2.05) is 29.2 Å². The predicted octanol–water partition coefficient (Wildman–Crippen LogP) is 5.79. The number of carbonyl (C=O) groups excluding carboxylic acids is 2. The van der Waals surface area contributed by atoms with Crippen LogP contribution in [0.2, 0.25) is 5.02 Å². The molecule has 2 aromatic rings. The summed E-state index contributed by atoms with van der Waals surface area (Å²) in [7, 11) is 1.76. The highest BCUT2D eigenvalue weighted by atomic mass is 35.5. The molecule has 2 heterocycles. The van der Waals surface area contributed by atoms with Crippen LogP contribution < -0.4 is 4.90 Å². The van der Waals surface area contributed by atoms with Crippen molar-refractivity contribution < 1.29 is 22.8 Å². The largest absolute Gasteiger partial charge is 0.416 e. The van der Waals surface area contributed by atoms with Crippen LogP contribution in [-0.4, -0.2) is 66.1 Å². The van der Waals surface area contributed by atoms with E-state index in [1.54, 1.807) is 18.0 Å². The lowest BCUT2D eigenvalue weighted by Gasteiger charge is -2.45. The van der Waals surface area contributed by atoms with E-state index in [0.29, 0.717) is 35.0 Å². The number of hydrogen-bond acceptors (Lipinski definition) is 4. The van der Waals surface area contributed by atoms with Gasteiger partial charge in [0.25, 0.3) is 5.91 Å². The number of fused-ring (bicyclic) bond motifs is 1. The molecule has 3 aliphatic rings. The van der Waals surface area contributed by atoms with Crippen LogP contribution in [0.3, 0.4) is 0 Å². The third-order valence-electron chi connectivity index (χ3n) is 7.71. The summed E-state index contributed by atoms with van der Waals surface area (Å²) >= 11 is 7.62. The van der Waals surface area contributed by atoms with E-state index >= 15 is 0 Å². The number of rotatable bonds is 3. The van der Waals surface area contributed by atoms with Crippen LogP contribution in [0.15, 0.2) is 53.4 Å². The number of carbonyl (C=O) groups is 2. The fraction of sp³-hybridized carbons (Fsp3) is 0.429. The van der Waals surface area contributed by atoms with Gasteiger partial charge >= 0.3 is 6.18 Å². The average molecular weight is 564 g/mol. The predicted molar refractivity (Wildman–Crippen MR) is 145 cm³/mol. The zero-order valence-electron chi connectivity index (χ0n) is 21.0. The Labute approximate surface area is 229 Å². The smallest absolute Gasteiger partial charge is 0.368 e. The quantitative estimate of drug-likeness (QED) is 0.443. The zero-order chi connectivity index (χ0) is 27.0. The second kappa shape index (κ2) is 10.8. The summed E-state index contributed by atoms with van der Waals surface area (Å²) in [5.41, 5.74) is 0.902. The van der Waals surface area contributed by atoms with Crippen molar-refractivity contribution >= 4 is 46.9 Å². The molecule has 5 nitrogen and oxygen atoms in total. The molecule has 2 amide bonds. The van der Waals surface area contributed by atoms with Crippen molar-refractivity contribution in [1.29, 1.82) is 0 Å². The molecule has 2 aliphatic heterocycles. The highest BCUT2D eigenvalue weighted by molar-refractivity contribution is 8.04. The molecule has 10 heteroatoms. The molecule has 1 saturated carbocycles. The molecule has 0 aromatic heterocycles. The van der Waals surface area contributed by atoms with Crippen LogP contribution in [0.5, 0.6) is 0 Å². The number of likely N-dealkylation sites (N-methyl/N-ethyl adjacent to an activating group) is 1. The fourth-order valence-corrected chi connectivity index (χ4v) is 7.22. The summed E-state index contributed by atoms with van der Waals surface area (Å²) in [6.07, 6.45) is -0.543. The van der Waals surface area contributed by atoms with E-state index in [4.69, 9.17) is 11.6 Å². The minimum atomic E-state index is -4.39. The van der Waals surface area contributed by atoms with E-state index in [2.05, 4.69) is 4.90 Å². The Hall–Kier alpha value is -2.65. The summed E-state index contributed by atoms with van der Waals surface area (Å²) in [5.74, 6) is -0.115. The van der Waals surface area contributed by atoms with Gasteiger partial charge in [0.05, 0.1) is 10.5 Å². The van der Waals surface area contributed by atoms with Crippen LogP contribution in [0.4, 0.5) is 18.9 Å². The summed E-state index contributed by atoms with van der Waals surface area (Å²) in [5, 5.41) is 0.848. The van der Waals surface area contributed by atoms with Crippen molar-refractivity contribution in [2.24, 2.45) is 5.92 Å². The molecule has 5 rings (SSSR count). The van der Waals surface area contributed by atoms with E-state index < -0.39 is 11.7 Å². The fourth-order valence-electron chi connectivity index (χ4n) is 5.56. The van der Waals surface area contributed by atoms with Gasteiger partial charge in [0.2, 0.25) is 5.91 Å². The van der Waals surface area contributed by atoms with Gasteiger partial charge in [0, 0.05) is 61.1 Å². The summed E-state index contributed by atoms with van der Waals surface area (Å²) in [6.45, 7) is 2.80. The van der Waals surface area contributed by atoms with Crippen LogP contribution in [0.1, 0.15) is 30.4 Å². The third-order valence-corrected chi connectivity index (χ3v) is 9.35. The Morgan fingerprint density at radius 1 is 1.05 bits per heavy atom. The minimum absolute atomic E-state index is 0.0484. The topological polar surface area (TPSA) is 43.9 Å². The Morgan fingerprint density at radius 3 is 2.42 bits per heavy atom. The number of nitrogens with zero attached hydrogens (tertiary/aromatic N) is 3. The van der Waals surface area contributed by atoms with Gasteiger partial charge in [-0.2, -0.15) is 13.2 Å². The Balaban J connectivity index is 1.20. The molecule has 2 aromatic carbocycles. The molecule has 3 atom stereocenters. The summed E-state index contributed by atoms with van der Waals surface area (Å²) in [6, 6.07) is 12.5. The number of halogens is 4. The molecule has 0 spiro atoms. The normalized spacial score (nSPS) is 25.5. The highest BCUT2D eigenvalue weighted by Gasteiger charge is 2.44. The maximum Gasteiger partial charge on any atom is 0.416 e. The van der Waals surface area contributed by atoms with Gasteiger partial charge in [-0.3, -0.25) is 9.59 Å². The lowest BCUT2D eigenvalue weighted by molar-refractivity contribution is -0.139. The molecule has 3 unspecified atom stereocenters. The molecule has 0 N–H and O–H groups in total. The molecule has 0 radical (unpaired) electrons. The first-order chi connectivity index (χ1) is 18.1. The Morgan fingerprint density at radius 2 is 1.76 bits per heavy atom. The van der Waals surface area contributed by atoms with E-state index in [0.717, 1.165) is 43.8 Å². The maximum atomic E-state index is 13.4. The van der Waals surface area contributed by atoms with E-state index in [9.17, 15) is 22.8 Å². The lowest BCUT2D eigenvalue weighted by Crippen LogP contribution is -2.55. The second-order valence-corrected chi connectivity index (χ2v) is 11.8. The van der Waals surface area contributed by atoms with E-state index in [1.165, 1.54) is 23.9 Å². The first-order valence-corrected chi connectivity index (χ1v) is 14.0. The maximum absolute atomic E-state index is 13.4. The molecule has 38 heavy (non-hydrogen) atoms. The number of piperazine rings is 1. The minimum Gasteiger partial charge on any atom is -0.368 e. The van der Waals surface area contributed by atoms with Crippen LogP contribution in [-0.2, 0) is 15.8 Å². The van der Waals surface area contributed by atoms with Gasteiger partial charge in [-0.15, -0.1) is 11.8 Å². The Bertz CT molecular complexity index is 1230. The van der Waals surface area contributed by atoms with Crippen molar-refractivity contribution in [2.45, 2.75) is 36.7 Å². The standard InChI is InChI=1S/C28H29ClF3N3O2S/c1-33-23-16-19(26(36)35-13-11-34(12-14-35)22-4-2-3-21(29)17-22)7-10-24(23)38-25(27(33)37)15-18-5-8-20(9-6-18)28(30,31)32/h2-6,8-9,15,17,19,23-24H,7,10-14,16H2,1H3/b25-15-. The van der Waals surface area contributed by atoms with Crippen molar-refractivity contribution in [3.63, 3.8) is 0 Å². The lowest BCUT2D eigenvalue weighted by atomic mass is 9.83. The van der Waals surface area contributed by atoms with Crippen LogP contribution >= 0.6 is 23.4 Å². The zero-order valence-corrected chi connectivity index (χ0v) is 22.5. The third kappa shape index (κ3) is 5.69. The van der Waals surface area contributed by atoms with Gasteiger partial charge < -0.3 is 14.7 Å². The molecule has 2 saturated heterocycles. The van der Waals surface area contributed by atoms with Crippen molar-refractivity contribution in [2.75, 3.05) is 38.1 Å². The Kier molecular flexibility index (Phi) is 7.69. The van der Waals surface area contributed by atoms with Gasteiger partial charge in [0.1, 0.15) is 0 Å². The molecule has 0 bridgehead atoms. The number of amides is 2. The molecular formula is C28H29ClF3N3O2S. The monoisotopic (exact) mass is 563 g/mol. The number of hydrogen-bond donors (Lipinski definition) is 0. The SMILES string of the molecule is CN1C(=O)/C(=C/c2ccc(C(F)(F)F)cc2)SC2CCC(C(=O)N3CCN(c4cccc(Cl)c4)CC3)CC21. The van der Waals surface area contributed by atoms with Crippen molar-refractivity contribution in [1.82, 2.24) is 9.80 Å². The van der Waals surface area contributed by atoms with E-state index in [-0.39, 0.29) is 29.0 Å². The number of thioether (sulfide) groups is 1. The first kappa shape index (κ1) is 26.9. The number of alkyl halides is 3. The van der Waals surface area contributed by atoms with Crippen LogP contribution in [0, 0.1) is 5.92 Å². The molecule has 1 aliphatic carbocycles. The van der Waals surface area contributed by atoms with Crippen molar-refractivity contribution in [3.8, 4) is 0 Å². The first-order valence-electron chi connectivity index (χ1n) is 12.7. The average Bonchev–Trinajstić information content (AvgIpc) is 2.91. The van der Waals surface area contributed by atoms with Gasteiger partial charge in [-0.05, 0) is 61.2 Å². The molecule has 3 fully saturated rings. The number of anilines is 1. The highest BCUT2D eigenvalue weighted by Crippen LogP contribution is 2.43. The van der Waals surface area contributed by atoms with Crippen LogP contribution in [0.25, 0.3) is 6.08 Å².